The van der Waals surface area contributed by atoms with Crippen LogP contribution in [0.3, 0.4) is 0 Å². The molecule has 0 bridgehead atoms. The average molecular weight is 1370 g/mol. The number of cyclic esters (lactones) is 4. The Labute approximate surface area is 555 Å². The minimum Gasteiger partial charge on any atom is -0.459 e. The number of carbonyl (C=O) groups excluding carboxylic acids is 18. The number of nitrogens with zero attached hydrogens (tertiary/aromatic N) is 4. The van der Waals surface area contributed by atoms with E-state index in [-0.39, 0.29) is 164 Å². The van der Waals surface area contributed by atoms with Crippen molar-refractivity contribution in [1.29, 1.82) is 0 Å². The minimum absolute atomic E-state index is 0.0208. The van der Waals surface area contributed by atoms with Gasteiger partial charge in [-0.2, -0.15) is 5.06 Å². The Bertz CT molecular complexity index is 2770. The number of hydrogen-bond acceptors (Lipinski definition) is 24. The van der Waals surface area contributed by atoms with E-state index < -0.39 is 64.6 Å². The number of imide groups is 5. The molecule has 8 aliphatic heterocycles. The van der Waals surface area contributed by atoms with Gasteiger partial charge in [-0.15, -0.1) is 0 Å². The molecule has 1 aliphatic carbocycles. The van der Waals surface area contributed by atoms with E-state index in [1.165, 1.54) is 11.9 Å². The molecule has 0 spiro atoms. The van der Waals surface area contributed by atoms with Gasteiger partial charge in [0, 0.05) is 78.1 Å². The molecule has 8 heterocycles. The number of amides is 10. The predicted octanol–water partition coefficient (Wildman–Crippen LogP) is 4.98. The van der Waals surface area contributed by atoms with Crippen LogP contribution in [0, 0.1) is 82.9 Å². The van der Waals surface area contributed by atoms with Crippen molar-refractivity contribution >= 4 is 117 Å². The Hall–Kier alpha value is -7.57. The van der Waals surface area contributed by atoms with Gasteiger partial charge in [-0.25, -0.2) is 18.4 Å². The van der Waals surface area contributed by atoms with Crippen LogP contribution in [0.4, 0.5) is 8.78 Å². The van der Waals surface area contributed by atoms with Gasteiger partial charge in [0.2, 0.25) is 58.6 Å². The maximum absolute atomic E-state index is 13.0. The van der Waals surface area contributed by atoms with Gasteiger partial charge in [0.15, 0.2) is 10.2 Å². The summed E-state index contributed by atoms with van der Waals surface area (Å²) in [6.07, 6.45) is 4.68. The van der Waals surface area contributed by atoms with E-state index in [4.69, 9.17) is 14.7 Å². The number of halogens is 2. The molecule has 0 aromatic rings. The number of esters is 6. The molecule has 9 rings (SSSR count). The Morgan fingerprint density at radius 3 is 0.989 bits per heavy atom. The summed E-state index contributed by atoms with van der Waals surface area (Å²) in [5.74, 6) is -10.6. The van der Waals surface area contributed by atoms with Gasteiger partial charge in [0.25, 0.3) is 11.8 Å². The third-order valence-corrected chi connectivity index (χ3v) is 19.9. The molecule has 31 heteroatoms. The Morgan fingerprint density at radius 2 is 0.800 bits per heavy atom. The SMILES string of the molecule is CC1(F)C(=O)OC(=O)C1(C)F.CC1C(=O)N(C)C(=O)C1C.CC1C(=O)N(CC(=O)OC(C)(C)C)C(=O)C1C.CC1C(=O)N(O)C(=O)C1C.CC1C(=O)NC(=O)C1C.CC1C(=O)OC(=O)C1C.CC1C(=O)SC(=O)C1C.CCC1(OC(=O)CN2C(=O)C(C)C(C)C2=O)CCCC1. The van der Waals surface area contributed by atoms with E-state index in [2.05, 4.69) is 14.8 Å². The average Bonchev–Trinajstić information content (AvgIpc) is 1.63. The fourth-order valence-electron chi connectivity index (χ4n) is 9.74. The first-order chi connectivity index (χ1) is 43.3. The second kappa shape index (κ2) is 33.4. The van der Waals surface area contributed by atoms with Crippen molar-refractivity contribution < 1.29 is 119 Å². The maximum atomic E-state index is 13.0. The lowest BCUT2D eigenvalue weighted by Crippen LogP contribution is -2.45. The molecule has 1 saturated carbocycles. The topological polar surface area (TPSA) is 389 Å². The molecule has 8 saturated heterocycles. The molecule has 9 aliphatic rings. The first-order valence-electron chi connectivity index (χ1n) is 31.3. The van der Waals surface area contributed by atoms with Crippen molar-refractivity contribution in [2.45, 2.75) is 193 Å². The van der Waals surface area contributed by atoms with Gasteiger partial charge in [0.1, 0.15) is 24.3 Å². The standard InChI is InChI=1S/C15H23NO4.C12H19NO4.C7H11NO2.C6H6F2O3.C6H9NO3.C6H9NO2.C6H8O3.C6H8O2S/c1-4-15(7-5-6-8-15)20-12(17)9-16-13(18)10(2)11(3)14(16)19;1-7-8(2)11(16)13(10(7)15)6-9(14)17-12(3,4)5;1-4-5(2)7(10)8(3)6(4)9;1-5(7)3(9)11-4(10)6(5,2)8;1-3-4(2)6(9)7(10)5(3)8;1-3-4(2)6(9)7-5(3)8;2*1-3-4(2)6(8)9-5(3)7/h10-11H,4-9H2,1-3H3;7-8H,6H2,1-5H3;4-5H,1-3H3;1-2H3;3-4,10H,1-2H3;3-4H,1-2H3,(H,7,8,9);2*3-4H,1-2H3. The number of rotatable bonds is 6. The molecule has 2 N–H and O–H groups in total. The normalized spacial score (nSPS) is 32.9. The minimum atomic E-state index is -2.86. The fourth-order valence-corrected chi connectivity index (χ4v) is 10.7. The van der Waals surface area contributed by atoms with E-state index in [1.54, 1.807) is 118 Å². The first-order valence-corrected chi connectivity index (χ1v) is 32.2. The molecule has 28 nitrogen and oxygen atoms in total. The third-order valence-electron chi connectivity index (χ3n) is 18.8. The molecular formula is C64H93F2N5O23S. The zero-order valence-electron chi connectivity index (χ0n) is 57.9. The van der Waals surface area contributed by atoms with E-state index in [1.807, 2.05) is 6.92 Å². The monoisotopic (exact) mass is 1370 g/mol. The highest BCUT2D eigenvalue weighted by molar-refractivity contribution is 8.26. The number of hydroxylamine groups is 2. The molecule has 16 atom stereocenters. The van der Waals surface area contributed by atoms with E-state index >= 15 is 0 Å². The number of alkyl halides is 2. The zero-order valence-corrected chi connectivity index (χ0v) is 58.7. The lowest BCUT2D eigenvalue weighted by Gasteiger charge is -2.28. The second-order valence-corrected chi connectivity index (χ2v) is 27.6. The van der Waals surface area contributed by atoms with E-state index in [0.29, 0.717) is 13.8 Å². The zero-order chi connectivity index (χ0) is 74.0. The number of thioether (sulfide) groups is 1. The van der Waals surface area contributed by atoms with Crippen LogP contribution in [-0.2, 0) is 105 Å². The van der Waals surface area contributed by atoms with Crippen LogP contribution in [0.5, 0.6) is 0 Å². The Kier molecular flexibility index (Phi) is 29.4. The third kappa shape index (κ3) is 20.0. The van der Waals surface area contributed by atoms with Crippen LogP contribution in [0.2, 0.25) is 0 Å². The highest BCUT2D eigenvalue weighted by Gasteiger charge is 2.66. The van der Waals surface area contributed by atoms with Gasteiger partial charge in [-0.3, -0.25) is 102 Å². The predicted molar refractivity (Wildman–Crippen MR) is 329 cm³/mol. The highest BCUT2D eigenvalue weighted by Crippen LogP contribution is 2.39. The van der Waals surface area contributed by atoms with Crippen molar-refractivity contribution in [2.24, 2.45) is 82.9 Å². The summed E-state index contributed by atoms with van der Waals surface area (Å²) in [6, 6.07) is 0. The van der Waals surface area contributed by atoms with Gasteiger partial charge in [-0.1, -0.05) is 104 Å². The van der Waals surface area contributed by atoms with Crippen molar-refractivity contribution in [3.05, 3.63) is 0 Å². The highest BCUT2D eigenvalue weighted by atomic mass is 32.2. The molecule has 532 valence electrons. The fraction of sp³-hybridized carbons (Fsp3) is 0.719. The summed E-state index contributed by atoms with van der Waals surface area (Å²) < 4.78 is 44.7. The van der Waals surface area contributed by atoms with E-state index in [0.717, 1.165) is 53.7 Å². The molecule has 0 radical (unpaired) electrons. The lowest BCUT2D eigenvalue weighted by molar-refractivity contribution is -0.173. The Morgan fingerprint density at radius 1 is 0.495 bits per heavy atom. The summed E-state index contributed by atoms with van der Waals surface area (Å²) in [7, 11) is 1.53. The molecule has 10 amide bonds. The summed E-state index contributed by atoms with van der Waals surface area (Å²) in [4.78, 5) is 203. The van der Waals surface area contributed by atoms with Crippen LogP contribution in [-0.4, -0.2) is 173 Å². The van der Waals surface area contributed by atoms with Gasteiger partial charge in [-0.05, 0) is 78.5 Å². The van der Waals surface area contributed by atoms with Crippen molar-refractivity contribution in [2.75, 3.05) is 20.1 Å². The van der Waals surface area contributed by atoms with Crippen molar-refractivity contribution in [3.63, 3.8) is 0 Å². The van der Waals surface area contributed by atoms with Crippen molar-refractivity contribution in [3.8, 4) is 0 Å². The number of likely N-dealkylation sites (tertiary alicyclic amines) is 3. The van der Waals surface area contributed by atoms with Crippen LogP contribution in [0.15, 0.2) is 0 Å². The van der Waals surface area contributed by atoms with Crippen LogP contribution in [0.1, 0.15) is 171 Å². The number of carbonyl (C=O) groups is 18. The first kappa shape index (κ1) is 83.5. The number of hydrogen-bond donors (Lipinski definition) is 2. The maximum Gasteiger partial charge on any atom is 0.355 e. The number of ether oxygens (including phenoxy) is 4. The summed E-state index contributed by atoms with van der Waals surface area (Å²) in [5, 5.41) is 11.2. The largest absolute Gasteiger partial charge is 0.459 e. The molecular weight excluding hydrogens is 1280 g/mol. The summed E-state index contributed by atoms with van der Waals surface area (Å²) in [5.41, 5.74) is -6.70. The smallest absolute Gasteiger partial charge is 0.355 e. The van der Waals surface area contributed by atoms with Crippen molar-refractivity contribution in [1.82, 2.24) is 25.1 Å². The van der Waals surface area contributed by atoms with E-state index in [9.17, 15) is 95.1 Å². The van der Waals surface area contributed by atoms with Gasteiger partial charge < -0.3 is 18.9 Å². The Balaban J connectivity index is 0.000000377. The lowest BCUT2D eigenvalue weighted by atomic mass is 9.92. The van der Waals surface area contributed by atoms with Gasteiger partial charge >= 0.3 is 35.8 Å². The molecule has 9 fully saturated rings. The molecule has 0 aromatic heterocycles. The van der Waals surface area contributed by atoms with Gasteiger partial charge in [0.05, 0.1) is 11.8 Å². The van der Waals surface area contributed by atoms with Crippen LogP contribution in [0.25, 0.3) is 0 Å². The summed E-state index contributed by atoms with van der Waals surface area (Å²) >= 11 is 0.859. The second-order valence-electron chi connectivity index (χ2n) is 26.6. The molecule has 0 aromatic carbocycles. The number of nitrogens with one attached hydrogen (secondary N) is 1. The van der Waals surface area contributed by atoms with Crippen LogP contribution >= 0.6 is 11.8 Å². The molecule has 95 heavy (non-hydrogen) atoms. The van der Waals surface area contributed by atoms with Crippen LogP contribution < -0.4 is 5.32 Å². The summed E-state index contributed by atoms with van der Waals surface area (Å²) in [6.45, 7) is 32.2. The molecule has 16 unspecified atom stereocenters. The quantitative estimate of drug-likeness (QED) is 0.116.